The molecule has 0 spiro atoms. The van der Waals surface area contributed by atoms with Crippen LogP contribution < -0.4 is 5.32 Å². The van der Waals surface area contributed by atoms with Crippen molar-refractivity contribution in [2.45, 2.75) is 13.0 Å². The second-order valence-corrected chi connectivity index (χ2v) is 5.33. The van der Waals surface area contributed by atoms with Gasteiger partial charge in [-0.1, -0.05) is 46.9 Å². The fourth-order valence-electron chi connectivity index (χ4n) is 1.77. The molecule has 0 radical (unpaired) electrons. The molecular weight excluding hydrogens is 308 g/mol. The van der Waals surface area contributed by atoms with Gasteiger partial charge in [-0.15, -0.1) is 0 Å². The lowest BCUT2D eigenvalue weighted by Gasteiger charge is -2.18. The van der Waals surface area contributed by atoms with Crippen LogP contribution in [0.2, 0.25) is 15.1 Å². The highest BCUT2D eigenvalue weighted by molar-refractivity contribution is 6.42. The van der Waals surface area contributed by atoms with Crippen molar-refractivity contribution in [3.63, 3.8) is 0 Å². The second kappa shape index (κ2) is 6.00. The van der Waals surface area contributed by atoms with E-state index in [-0.39, 0.29) is 11.9 Å². The van der Waals surface area contributed by atoms with Gasteiger partial charge in [0.25, 0.3) is 0 Å². The summed E-state index contributed by atoms with van der Waals surface area (Å²) >= 11 is 18.1. The third-order valence-corrected chi connectivity index (χ3v) is 3.90. The summed E-state index contributed by atoms with van der Waals surface area (Å²) in [5.41, 5.74) is 1.50. The van der Waals surface area contributed by atoms with E-state index in [9.17, 15) is 4.39 Å². The van der Waals surface area contributed by atoms with Crippen LogP contribution in [0.4, 0.5) is 10.1 Å². The molecule has 0 heterocycles. The minimum atomic E-state index is -0.371. The number of benzene rings is 2. The van der Waals surface area contributed by atoms with E-state index in [1.54, 1.807) is 12.1 Å². The van der Waals surface area contributed by atoms with E-state index < -0.39 is 0 Å². The molecule has 1 nitrogen and oxygen atoms in total. The van der Waals surface area contributed by atoms with Crippen molar-refractivity contribution >= 4 is 40.5 Å². The minimum absolute atomic E-state index is 0.103. The van der Waals surface area contributed by atoms with Gasteiger partial charge in [-0.25, -0.2) is 4.39 Å². The van der Waals surface area contributed by atoms with E-state index in [0.29, 0.717) is 20.8 Å². The van der Waals surface area contributed by atoms with E-state index in [0.717, 1.165) is 5.56 Å². The normalized spacial score (nSPS) is 12.3. The van der Waals surface area contributed by atoms with Crippen LogP contribution >= 0.6 is 34.8 Å². The molecule has 100 valence electrons. The first-order valence-corrected chi connectivity index (χ1v) is 6.78. The zero-order chi connectivity index (χ0) is 14.0. The Labute approximate surface area is 126 Å². The van der Waals surface area contributed by atoms with Crippen LogP contribution in [-0.2, 0) is 0 Å². The Bertz CT molecular complexity index is 601. The average Bonchev–Trinajstić information content (AvgIpc) is 2.36. The minimum Gasteiger partial charge on any atom is -0.377 e. The van der Waals surface area contributed by atoms with Crippen LogP contribution in [0.1, 0.15) is 18.5 Å². The average molecular weight is 319 g/mol. The molecule has 5 heteroatoms. The van der Waals surface area contributed by atoms with Gasteiger partial charge < -0.3 is 5.32 Å². The van der Waals surface area contributed by atoms with Crippen molar-refractivity contribution in [2.24, 2.45) is 0 Å². The fraction of sp³-hybridized carbons (Fsp3) is 0.143. The zero-order valence-corrected chi connectivity index (χ0v) is 12.3. The van der Waals surface area contributed by atoms with Gasteiger partial charge >= 0.3 is 0 Å². The molecule has 2 aromatic rings. The summed E-state index contributed by atoms with van der Waals surface area (Å²) in [6, 6.07) is 9.53. The molecule has 19 heavy (non-hydrogen) atoms. The highest BCUT2D eigenvalue weighted by atomic mass is 35.5. The Balaban J connectivity index is 2.25. The number of nitrogens with one attached hydrogen (secondary N) is 1. The van der Waals surface area contributed by atoms with Gasteiger partial charge in [0, 0.05) is 0 Å². The molecule has 0 aliphatic rings. The molecule has 0 aromatic heterocycles. The summed E-state index contributed by atoms with van der Waals surface area (Å²) < 4.78 is 13.0. The third-order valence-electron chi connectivity index (χ3n) is 2.75. The van der Waals surface area contributed by atoms with Crippen molar-refractivity contribution in [3.8, 4) is 0 Å². The maximum atomic E-state index is 13.0. The third kappa shape index (κ3) is 3.33. The Hall–Kier alpha value is -0.960. The number of hydrogen-bond acceptors (Lipinski definition) is 1. The largest absolute Gasteiger partial charge is 0.377 e. The smallest absolute Gasteiger partial charge is 0.124 e. The van der Waals surface area contributed by atoms with Crippen molar-refractivity contribution in [2.75, 3.05) is 5.32 Å². The lowest BCUT2D eigenvalue weighted by atomic mass is 10.1. The monoisotopic (exact) mass is 317 g/mol. The summed E-state index contributed by atoms with van der Waals surface area (Å²) in [5.74, 6) is -0.371. The van der Waals surface area contributed by atoms with E-state index in [1.807, 2.05) is 19.1 Å². The Kier molecular flexibility index (Phi) is 4.56. The summed E-state index contributed by atoms with van der Waals surface area (Å²) in [4.78, 5) is 0. The molecule has 1 N–H and O–H groups in total. The van der Waals surface area contributed by atoms with Gasteiger partial charge in [0.2, 0.25) is 0 Å². The van der Waals surface area contributed by atoms with E-state index in [2.05, 4.69) is 5.32 Å². The molecule has 2 aromatic carbocycles. The van der Waals surface area contributed by atoms with Crippen molar-refractivity contribution in [3.05, 3.63) is 62.8 Å². The highest BCUT2D eigenvalue weighted by Gasteiger charge is 2.13. The SMILES string of the molecule is CC(Nc1ccc(F)cc1Cl)c1cccc(Cl)c1Cl. The summed E-state index contributed by atoms with van der Waals surface area (Å²) in [7, 11) is 0. The molecule has 0 bridgehead atoms. The molecule has 0 amide bonds. The number of anilines is 1. The Morgan fingerprint density at radius 1 is 1.05 bits per heavy atom. The van der Waals surface area contributed by atoms with Crippen LogP contribution in [0, 0.1) is 5.82 Å². The molecule has 1 atom stereocenters. The molecule has 0 fully saturated rings. The summed E-state index contributed by atoms with van der Waals surface area (Å²) in [6.07, 6.45) is 0. The first kappa shape index (κ1) is 14.4. The molecule has 1 unspecified atom stereocenters. The maximum absolute atomic E-state index is 13.0. The quantitative estimate of drug-likeness (QED) is 0.736. The predicted molar refractivity (Wildman–Crippen MR) is 79.9 cm³/mol. The van der Waals surface area contributed by atoms with E-state index in [1.165, 1.54) is 12.1 Å². The van der Waals surface area contributed by atoms with Gasteiger partial charge in [-0.05, 0) is 36.8 Å². The van der Waals surface area contributed by atoms with Crippen LogP contribution in [-0.4, -0.2) is 0 Å². The maximum Gasteiger partial charge on any atom is 0.124 e. The standard InChI is InChI=1S/C14H11Cl3FN/c1-8(10-3-2-4-11(15)14(10)17)19-13-6-5-9(18)7-12(13)16/h2-8,19H,1H3. The molecule has 2 rings (SSSR count). The fourth-order valence-corrected chi connectivity index (χ4v) is 2.47. The lowest BCUT2D eigenvalue weighted by Crippen LogP contribution is -2.07. The molecule has 0 saturated carbocycles. The van der Waals surface area contributed by atoms with Crippen molar-refractivity contribution < 1.29 is 4.39 Å². The molecular formula is C14H11Cl3FN. The van der Waals surface area contributed by atoms with Gasteiger partial charge in [0.15, 0.2) is 0 Å². The van der Waals surface area contributed by atoms with E-state index >= 15 is 0 Å². The molecule has 0 aliphatic carbocycles. The topological polar surface area (TPSA) is 12.0 Å². The molecule has 0 aliphatic heterocycles. The van der Waals surface area contributed by atoms with E-state index in [4.69, 9.17) is 34.8 Å². The van der Waals surface area contributed by atoms with Crippen LogP contribution in [0.3, 0.4) is 0 Å². The van der Waals surface area contributed by atoms with Crippen LogP contribution in [0.15, 0.2) is 36.4 Å². The summed E-state index contributed by atoms with van der Waals surface area (Å²) in [6.45, 7) is 1.93. The van der Waals surface area contributed by atoms with Crippen LogP contribution in [0.25, 0.3) is 0 Å². The van der Waals surface area contributed by atoms with Gasteiger partial charge in [0.1, 0.15) is 5.82 Å². The first-order chi connectivity index (χ1) is 8.99. The van der Waals surface area contributed by atoms with Gasteiger partial charge in [0.05, 0.1) is 26.8 Å². The lowest BCUT2D eigenvalue weighted by molar-refractivity contribution is 0.628. The highest BCUT2D eigenvalue weighted by Crippen LogP contribution is 2.33. The first-order valence-electron chi connectivity index (χ1n) is 5.64. The number of hydrogen-bond donors (Lipinski definition) is 1. The predicted octanol–water partition coefficient (Wildman–Crippen LogP) is 5.96. The summed E-state index contributed by atoms with van der Waals surface area (Å²) in [5, 5.41) is 4.50. The second-order valence-electron chi connectivity index (χ2n) is 4.13. The van der Waals surface area contributed by atoms with Crippen molar-refractivity contribution in [1.29, 1.82) is 0 Å². The Morgan fingerprint density at radius 3 is 2.47 bits per heavy atom. The molecule has 0 saturated heterocycles. The van der Waals surface area contributed by atoms with Crippen molar-refractivity contribution in [1.82, 2.24) is 0 Å². The number of rotatable bonds is 3. The zero-order valence-electron chi connectivity index (χ0n) is 10.1. The number of halogens is 4. The van der Waals surface area contributed by atoms with Crippen LogP contribution in [0.5, 0.6) is 0 Å². The van der Waals surface area contributed by atoms with Gasteiger partial charge in [-0.3, -0.25) is 0 Å². The van der Waals surface area contributed by atoms with Gasteiger partial charge in [-0.2, -0.15) is 0 Å². The Morgan fingerprint density at radius 2 is 1.79 bits per heavy atom.